The molecule has 172 valence electrons. The zero-order valence-electron chi connectivity index (χ0n) is 18.0. The second-order valence-electron chi connectivity index (χ2n) is 8.06. The molecule has 3 heterocycles. The fourth-order valence-corrected chi connectivity index (χ4v) is 4.09. The maximum Gasteiger partial charge on any atom is 0.276 e. The van der Waals surface area contributed by atoms with Crippen LogP contribution < -0.4 is 4.74 Å². The number of hydrogen-bond donors (Lipinski definition) is 0. The Morgan fingerprint density at radius 3 is 2.69 bits per heavy atom. The van der Waals surface area contributed by atoms with Crippen LogP contribution >= 0.6 is 0 Å². The van der Waals surface area contributed by atoms with Gasteiger partial charge in [-0.1, -0.05) is 5.21 Å². The molecule has 2 amide bonds. The summed E-state index contributed by atoms with van der Waals surface area (Å²) in [5.41, 5.74) is 1.12. The van der Waals surface area contributed by atoms with Gasteiger partial charge in [0.15, 0.2) is 5.69 Å². The summed E-state index contributed by atoms with van der Waals surface area (Å²) in [7, 11) is 1.52. The van der Waals surface area contributed by atoms with Crippen LogP contribution in [0.15, 0.2) is 24.4 Å². The summed E-state index contributed by atoms with van der Waals surface area (Å²) < 4.78 is 40.3. The lowest BCUT2D eigenvalue weighted by Crippen LogP contribution is -2.40. The molecule has 0 spiro atoms. The molecule has 2 saturated heterocycles. The molecule has 32 heavy (non-hydrogen) atoms. The first-order chi connectivity index (χ1) is 15.3. The van der Waals surface area contributed by atoms with Crippen molar-refractivity contribution >= 4 is 11.8 Å². The molecule has 11 heteroatoms. The Morgan fingerprint density at radius 2 is 2.00 bits per heavy atom. The lowest BCUT2D eigenvalue weighted by atomic mass is 10.1. The summed E-state index contributed by atoms with van der Waals surface area (Å²) in [4.78, 5) is 28.5. The fourth-order valence-electron chi connectivity index (χ4n) is 4.09. The van der Waals surface area contributed by atoms with Gasteiger partial charge >= 0.3 is 0 Å². The largest absolute Gasteiger partial charge is 0.497 e. The zero-order valence-corrected chi connectivity index (χ0v) is 18.0. The standard InChI is InChI=1S/C21H25F2N5O4/c1-14-9-16(31-2)3-4-17(14)19(29)28-13-21(22,23)10-15(28)11-27-12-18(24-25-27)20(30)26-5-7-32-8-6-26/h3-4,9,12,15H,5-8,10-11,13H2,1-2H3/t15-/m0/s1. The number of carbonyl (C=O) groups excluding carboxylic acids is 2. The van der Waals surface area contributed by atoms with Crippen molar-refractivity contribution in [1.29, 1.82) is 0 Å². The number of nitrogens with zero attached hydrogens (tertiary/aromatic N) is 5. The molecule has 2 aliphatic rings. The van der Waals surface area contributed by atoms with Crippen LogP contribution in [0.2, 0.25) is 0 Å². The first-order valence-corrected chi connectivity index (χ1v) is 10.4. The normalized spacial score (nSPS) is 20.4. The van der Waals surface area contributed by atoms with Crippen LogP contribution in [0, 0.1) is 6.92 Å². The van der Waals surface area contributed by atoms with Gasteiger partial charge in [-0.3, -0.25) is 9.59 Å². The number of benzene rings is 1. The van der Waals surface area contributed by atoms with Gasteiger partial charge in [-0.15, -0.1) is 5.10 Å². The van der Waals surface area contributed by atoms with Crippen LogP contribution in [0.1, 0.15) is 32.8 Å². The first-order valence-electron chi connectivity index (χ1n) is 10.4. The molecule has 0 N–H and O–H groups in total. The van der Waals surface area contributed by atoms with Crippen molar-refractivity contribution in [3.8, 4) is 5.75 Å². The smallest absolute Gasteiger partial charge is 0.276 e. The highest BCUT2D eigenvalue weighted by Gasteiger charge is 2.47. The molecule has 4 rings (SSSR count). The number of rotatable bonds is 5. The first kappa shape index (κ1) is 22.1. The topological polar surface area (TPSA) is 89.8 Å². The molecular weight excluding hydrogens is 424 g/mol. The molecule has 2 fully saturated rings. The second-order valence-corrected chi connectivity index (χ2v) is 8.06. The van der Waals surface area contributed by atoms with Gasteiger partial charge in [0.25, 0.3) is 17.7 Å². The number of ether oxygens (including phenoxy) is 2. The molecule has 1 aromatic carbocycles. The van der Waals surface area contributed by atoms with Crippen molar-refractivity contribution in [2.75, 3.05) is 40.0 Å². The summed E-state index contributed by atoms with van der Waals surface area (Å²) in [6.45, 7) is 2.92. The minimum atomic E-state index is -3.01. The average Bonchev–Trinajstić information content (AvgIpc) is 3.37. The summed E-state index contributed by atoms with van der Waals surface area (Å²) >= 11 is 0. The van der Waals surface area contributed by atoms with E-state index >= 15 is 0 Å². The number of amides is 2. The van der Waals surface area contributed by atoms with Crippen molar-refractivity contribution in [2.45, 2.75) is 31.9 Å². The van der Waals surface area contributed by atoms with Crippen LogP contribution in [0.3, 0.4) is 0 Å². The molecule has 0 bridgehead atoms. The van der Waals surface area contributed by atoms with Gasteiger partial charge in [-0.2, -0.15) is 0 Å². The number of alkyl halides is 2. The third kappa shape index (κ3) is 4.57. The highest BCUT2D eigenvalue weighted by Crippen LogP contribution is 2.34. The number of morpholine rings is 1. The maximum absolute atomic E-state index is 14.3. The van der Waals surface area contributed by atoms with E-state index in [1.54, 1.807) is 30.0 Å². The van der Waals surface area contributed by atoms with Gasteiger partial charge in [0.1, 0.15) is 5.75 Å². The van der Waals surface area contributed by atoms with E-state index in [4.69, 9.17) is 9.47 Å². The Labute approximate surface area is 183 Å². The summed E-state index contributed by atoms with van der Waals surface area (Å²) in [6.07, 6.45) is 0.954. The van der Waals surface area contributed by atoms with Crippen LogP contribution in [0.25, 0.3) is 0 Å². The molecule has 0 radical (unpaired) electrons. The second kappa shape index (κ2) is 8.81. The van der Waals surface area contributed by atoms with E-state index in [9.17, 15) is 18.4 Å². The van der Waals surface area contributed by atoms with Gasteiger partial charge in [0.05, 0.1) is 45.7 Å². The van der Waals surface area contributed by atoms with Crippen LogP contribution in [0.5, 0.6) is 5.75 Å². The number of carbonyl (C=O) groups is 2. The Kier molecular flexibility index (Phi) is 6.09. The van der Waals surface area contributed by atoms with Crippen molar-refractivity contribution in [2.24, 2.45) is 0 Å². The minimum absolute atomic E-state index is 0.0138. The van der Waals surface area contributed by atoms with Crippen LogP contribution in [-0.4, -0.2) is 88.5 Å². The van der Waals surface area contributed by atoms with Crippen molar-refractivity contribution in [3.63, 3.8) is 0 Å². The highest BCUT2D eigenvalue weighted by atomic mass is 19.3. The third-order valence-electron chi connectivity index (χ3n) is 5.76. The molecule has 1 aromatic heterocycles. The van der Waals surface area contributed by atoms with E-state index in [1.165, 1.54) is 22.9 Å². The van der Waals surface area contributed by atoms with Gasteiger partial charge < -0.3 is 19.3 Å². The molecule has 0 saturated carbocycles. The Balaban J connectivity index is 1.50. The SMILES string of the molecule is COc1ccc(C(=O)N2CC(F)(F)C[C@H]2Cn2cc(C(=O)N3CCOCC3)nn2)c(C)c1. The number of aryl methyl sites for hydroxylation is 1. The van der Waals surface area contributed by atoms with E-state index in [2.05, 4.69) is 10.3 Å². The van der Waals surface area contributed by atoms with E-state index in [-0.39, 0.29) is 18.1 Å². The van der Waals surface area contributed by atoms with Crippen molar-refractivity contribution < 1.29 is 27.8 Å². The zero-order chi connectivity index (χ0) is 22.9. The average molecular weight is 449 g/mol. The van der Waals surface area contributed by atoms with Gasteiger partial charge in [-0.05, 0) is 30.7 Å². The van der Waals surface area contributed by atoms with E-state index < -0.39 is 30.8 Å². The van der Waals surface area contributed by atoms with Gasteiger partial charge in [0.2, 0.25) is 0 Å². The van der Waals surface area contributed by atoms with Gasteiger partial charge in [-0.25, -0.2) is 13.5 Å². The fraction of sp³-hybridized carbons (Fsp3) is 0.524. The molecule has 1 atom stereocenters. The number of methoxy groups -OCH3 is 1. The molecule has 2 aliphatic heterocycles. The highest BCUT2D eigenvalue weighted by molar-refractivity contribution is 5.96. The summed E-state index contributed by atoms with van der Waals surface area (Å²) in [5, 5.41) is 7.85. The molecule has 2 aromatic rings. The number of hydrogen-bond acceptors (Lipinski definition) is 6. The maximum atomic E-state index is 14.3. The lowest BCUT2D eigenvalue weighted by molar-refractivity contribution is 0.0117. The monoisotopic (exact) mass is 449 g/mol. The van der Waals surface area contributed by atoms with Gasteiger partial charge in [0, 0.05) is 25.1 Å². The van der Waals surface area contributed by atoms with Crippen molar-refractivity contribution in [3.05, 3.63) is 41.2 Å². The Morgan fingerprint density at radius 1 is 1.25 bits per heavy atom. The van der Waals surface area contributed by atoms with Crippen molar-refractivity contribution in [1.82, 2.24) is 24.8 Å². The Bertz CT molecular complexity index is 1010. The van der Waals surface area contributed by atoms with E-state index in [0.29, 0.717) is 43.2 Å². The number of halogens is 2. The molecule has 0 aliphatic carbocycles. The Hall–Kier alpha value is -3.08. The van der Waals surface area contributed by atoms with Crippen LogP contribution in [0.4, 0.5) is 8.78 Å². The third-order valence-corrected chi connectivity index (χ3v) is 5.76. The summed E-state index contributed by atoms with van der Waals surface area (Å²) in [6, 6.07) is 4.12. The minimum Gasteiger partial charge on any atom is -0.497 e. The number of aromatic nitrogens is 3. The number of likely N-dealkylation sites (tertiary alicyclic amines) is 1. The summed E-state index contributed by atoms with van der Waals surface area (Å²) in [5.74, 6) is -3.18. The van der Waals surface area contributed by atoms with E-state index in [1.807, 2.05) is 0 Å². The molecule has 9 nitrogen and oxygen atoms in total. The molecular formula is C21H25F2N5O4. The lowest BCUT2D eigenvalue weighted by Gasteiger charge is -2.25. The predicted octanol–water partition coefficient (Wildman–Crippen LogP) is 1.62. The molecule has 0 unspecified atom stereocenters. The van der Waals surface area contributed by atoms with E-state index in [0.717, 1.165) is 0 Å². The predicted molar refractivity (Wildman–Crippen MR) is 109 cm³/mol. The quantitative estimate of drug-likeness (QED) is 0.689. The van der Waals surface area contributed by atoms with Crippen LogP contribution in [-0.2, 0) is 11.3 Å².